The first-order valence-electron chi connectivity index (χ1n) is 4.34. The summed E-state index contributed by atoms with van der Waals surface area (Å²) >= 11 is 0. The fourth-order valence-corrected chi connectivity index (χ4v) is 1.04. The van der Waals surface area contributed by atoms with Crippen LogP contribution in [0.3, 0.4) is 0 Å². The third kappa shape index (κ3) is 5.36. The summed E-state index contributed by atoms with van der Waals surface area (Å²) in [5.74, 6) is -1.01. The first-order valence-corrected chi connectivity index (χ1v) is 4.34. The van der Waals surface area contributed by atoms with Gasteiger partial charge < -0.3 is 22.3 Å². The number of nitrogens with two attached hydrogens (primary N) is 3. The van der Waals surface area contributed by atoms with Crippen LogP contribution < -0.4 is 17.2 Å². The van der Waals surface area contributed by atoms with Gasteiger partial charge in [0.05, 0.1) is 5.54 Å². The Kier molecular flexibility index (Phi) is 4.36. The van der Waals surface area contributed by atoms with Gasteiger partial charge in [0, 0.05) is 0 Å². The summed E-state index contributed by atoms with van der Waals surface area (Å²) in [5.41, 5.74) is 15.3. The number of carbonyl (C=O) groups is 1. The molecule has 0 aliphatic heterocycles. The van der Waals surface area contributed by atoms with E-state index < -0.39 is 17.6 Å². The molecule has 0 heterocycles. The minimum atomic E-state index is -1.01. The lowest BCUT2D eigenvalue weighted by molar-refractivity contribution is -0.138. The molecule has 0 aromatic carbocycles. The smallest absolute Gasteiger partial charge is 0.320 e. The molecule has 0 aromatic rings. The second-order valence-electron chi connectivity index (χ2n) is 3.83. The largest absolute Gasteiger partial charge is 0.480 e. The molecule has 0 rings (SSSR count). The van der Waals surface area contributed by atoms with Crippen molar-refractivity contribution in [2.24, 2.45) is 22.2 Å². The Labute approximate surface area is 83.2 Å². The monoisotopic (exact) mass is 202 g/mol. The van der Waals surface area contributed by atoms with Crippen LogP contribution in [0.5, 0.6) is 0 Å². The van der Waals surface area contributed by atoms with E-state index in [-0.39, 0.29) is 5.96 Å². The highest BCUT2D eigenvalue weighted by Gasteiger charge is 2.20. The molecule has 6 heteroatoms. The summed E-state index contributed by atoms with van der Waals surface area (Å²) in [6.45, 7) is 3.64. The van der Waals surface area contributed by atoms with Crippen LogP contribution in [-0.2, 0) is 4.79 Å². The van der Waals surface area contributed by atoms with Gasteiger partial charge in [-0.2, -0.15) is 0 Å². The van der Waals surface area contributed by atoms with Gasteiger partial charge in [-0.15, -0.1) is 0 Å². The maximum atomic E-state index is 10.4. The number of carboxylic acids is 1. The van der Waals surface area contributed by atoms with Crippen LogP contribution in [0.4, 0.5) is 0 Å². The highest BCUT2D eigenvalue weighted by molar-refractivity contribution is 5.76. The topological polar surface area (TPSA) is 128 Å². The average molecular weight is 202 g/mol. The van der Waals surface area contributed by atoms with E-state index in [1.807, 2.05) is 13.8 Å². The quantitative estimate of drug-likeness (QED) is 0.344. The van der Waals surface area contributed by atoms with Crippen LogP contribution in [0.15, 0.2) is 4.99 Å². The van der Waals surface area contributed by atoms with Crippen LogP contribution in [0.2, 0.25) is 0 Å². The fourth-order valence-electron chi connectivity index (χ4n) is 1.04. The van der Waals surface area contributed by atoms with E-state index >= 15 is 0 Å². The Morgan fingerprint density at radius 2 is 2.00 bits per heavy atom. The standard InChI is InChI=1S/C8H18N4O2/c1-8(2,12-7(10)11)4-3-5(9)6(13)14/h5H,3-4,9H2,1-2H3,(H,13,14)(H4,10,11,12)/t5-/m0/s1. The molecule has 0 spiro atoms. The minimum absolute atomic E-state index is 0.00102. The van der Waals surface area contributed by atoms with Gasteiger partial charge in [-0.25, -0.2) is 4.99 Å². The van der Waals surface area contributed by atoms with Crippen molar-refractivity contribution in [2.75, 3.05) is 0 Å². The summed E-state index contributed by atoms with van der Waals surface area (Å²) in [4.78, 5) is 14.4. The number of rotatable bonds is 5. The predicted molar refractivity (Wildman–Crippen MR) is 54.7 cm³/mol. The molecule has 7 N–H and O–H groups in total. The van der Waals surface area contributed by atoms with E-state index in [0.717, 1.165) is 0 Å². The molecule has 0 aliphatic carbocycles. The average Bonchev–Trinajstić information content (AvgIpc) is 1.97. The second kappa shape index (κ2) is 4.80. The van der Waals surface area contributed by atoms with Crippen molar-refractivity contribution in [1.29, 1.82) is 0 Å². The Bertz CT molecular complexity index is 233. The number of carboxylic acid groups (broad SMARTS) is 1. The molecule has 14 heavy (non-hydrogen) atoms. The molecule has 0 saturated carbocycles. The van der Waals surface area contributed by atoms with Gasteiger partial charge in [-0.1, -0.05) is 0 Å². The number of guanidine groups is 1. The maximum Gasteiger partial charge on any atom is 0.320 e. The zero-order chi connectivity index (χ0) is 11.4. The Balaban J connectivity index is 4.12. The second-order valence-corrected chi connectivity index (χ2v) is 3.83. The molecule has 1 atom stereocenters. The van der Waals surface area contributed by atoms with Gasteiger partial charge in [0.25, 0.3) is 0 Å². The van der Waals surface area contributed by atoms with Crippen LogP contribution in [0, 0.1) is 0 Å². The van der Waals surface area contributed by atoms with Gasteiger partial charge in [-0.05, 0) is 26.7 Å². The first-order chi connectivity index (χ1) is 6.24. The molecular formula is C8H18N4O2. The molecule has 0 aromatic heterocycles. The molecule has 0 fully saturated rings. The molecule has 0 unspecified atom stereocenters. The molecule has 0 radical (unpaired) electrons. The molecule has 6 nitrogen and oxygen atoms in total. The van der Waals surface area contributed by atoms with Crippen molar-refractivity contribution in [3.63, 3.8) is 0 Å². The fraction of sp³-hybridized carbons (Fsp3) is 0.750. The molecule has 0 saturated heterocycles. The van der Waals surface area contributed by atoms with Gasteiger partial charge in [0.15, 0.2) is 5.96 Å². The van der Waals surface area contributed by atoms with Crippen molar-refractivity contribution in [2.45, 2.75) is 38.3 Å². The normalized spacial score (nSPS) is 13.4. The zero-order valence-corrected chi connectivity index (χ0v) is 8.53. The van der Waals surface area contributed by atoms with Gasteiger partial charge >= 0.3 is 5.97 Å². The summed E-state index contributed by atoms with van der Waals surface area (Å²) < 4.78 is 0. The summed E-state index contributed by atoms with van der Waals surface area (Å²) in [5, 5.41) is 8.55. The van der Waals surface area contributed by atoms with E-state index in [1.54, 1.807) is 0 Å². The number of hydrogen-bond donors (Lipinski definition) is 4. The Hall–Kier alpha value is -1.30. The zero-order valence-electron chi connectivity index (χ0n) is 8.53. The molecule has 0 bridgehead atoms. The lowest BCUT2D eigenvalue weighted by Crippen LogP contribution is -2.34. The van der Waals surface area contributed by atoms with Crippen molar-refractivity contribution in [3.8, 4) is 0 Å². The van der Waals surface area contributed by atoms with Crippen LogP contribution in [0.1, 0.15) is 26.7 Å². The minimum Gasteiger partial charge on any atom is -0.480 e. The lowest BCUT2D eigenvalue weighted by atomic mass is 9.96. The molecule has 82 valence electrons. The first kappa shape index (κ1) is 12.7. The molecule has 0 aliphatic rings. The van der Waals surface area contributed by atoms with Gasteiger partial charge in [-0.3, -0.25) is 4.79 Å². The van der Waals surface area contributed by atoms with Gasteiger partial charge in [0.2, 0.25) is 0 Å². The molecular weight excluding hydrogens is 184 g/mol. The van der Waals surface area contributed by atoms with E-state index in [0.29, 0.717) is 12.8 Å². The third-order valence-corrected chi connectivity index (χ3v) is 1.82. The maximum absolute atomic E-state index is 10.4. The van der Waals surface area contributed by atoms with Crippen molar-refractivity contribution in [3.05, 3.63) is 0 Å². The number of aliphatic imine (C=N–C) groups is 1. The predicted octanol–water partition coefficient (Wildman–Crippen LogP) is -0.769. The van der Waals surface area contributed by atoms with Crippen LogP contribution in [0.25, 0.3) is 0 Å². The van der Waals surface area contributed by atoms with Crippen LogP contribution in [-0.4, -0.2) is 28.6 Å². The summed E-state index contributed by atoms with van der Waals surface area (Å²) in [6, 6.07) is -0.858. The number of aliphatic carboxylic acids is 1. The van der Waals surface area contributed by atoms with E-state index in [2.05, 4.69) is 4.99 Å². The van der Waals surface area contributed by atoms with Crippen molar-refractivity contribution >= 4 is 11.9 Å². The van der Waals surface area contributed by atoms with Crippen molar-refractivity contribution in [1.82, 2.24) is 0 Å². The van der Waals surface area contributed by atoms with E-state index in [1.165, 1.54) is 0 Å². The summed E-state index contributed by atoms with van der Waals surface area (Å²) in [7, 11) is 0. The molecule has 0 amide bonds. The van der Waals surface area contributed by atoms with Gasteiger partial charge in [0.1, 0.15) is 6.04 Å². The van der Waals surface area contributed by atoms with E-state index in [9.17, 15) is 4.79 Å². The summed E-state index contributed by atoms with van der Waals surface area (Å²) in [6.07, 6.45) is 0.873. The van der Waals surface area contributed by atoms with Crippen LogP contribution >= 0.6 is 0 Å². The lowest BCUT2D eigenvalue weighted by Gasteiger charge is -2.20. The third-order valence-electron chi connectivity index (χ3n) is 1.82. The van der Waals surface area contributed by atoms with Crippen molar-refractivity contribution < 1.29 is 9.90 Å². The van der Waals surface area contributed by atoms with E-state index in [4.69, 9.17) is 22.3 Å². The highest BCUT2D eigenvalue weighted by Crippen LogP contribution is 2.17. The SMILES string of the molecule is CC(C)(CC[C@H](N)C(=O)O)N=C(N)N. The Morgan fingerprint density at radius 3 is 2.36 bits per heavy atom. The highest BCUT2D eigenvalue weighted by atomic mass is 16.4. The Morgan fingerprint density at radius 1 is 1.50 bits per heavy atom. The number of nitrogens with zero attached hydrogens (tertiary/aromatic N) is 1. The number of hydrogen-bond acceptors (Lipinski definition) is 3.